The molecule has 11 nitrogen and oxygen atoms in total. The van der Waals surface area contributed by atoms with E-state index in [2.05, 4.69) is 9.26 Å². The maximum absolute atomic E-state index is 10.7. The van der Waals surface area contributed by atoms with E-state index in [-0.39, 0.29) is 0 Å². The van der Waals surface area contributed by atoms with E-state index in [1.54, 1.807) is 0 Å². The minimum absolute atomic E-state index is 0.928. The van der Waals surface area contributed by atoms with Crippen LogP contribution in [0.1, 0.15) is 6.42 Å². The molecule has 5 atom stereocenters. The third-order valence-corrected chi connectivity index (χ3v) is 3.11. The van der Waals surface area contributed by atoms with E-state index < -0.39 is 57.0 Å². The van der Waals surface area contributed by atoms with Gasteiger partial charge in [-0.05, 0) is 0 Å². The largest absolute Gasteiger partial charge is 0.790 e. The first-order chi connectivity index (χ1) is 8.96. The lowest BCUT2D eigenvalue weighted by molar-refractivity contribution is -0.379. The third-order valence-electron chi connectivity index (χ3n) is 2.65. The van der Waals surface area contributed by atoms with Gasteiger partial charge in [-0.2, -0.15) is 0 Å². The predicted octanol–water partition coefficient (Wildman–Crippen LogP) is -5.86. The fourth-order valence-corrected chi connectivity index (χ4v) is 2.00. The first-order valence-corrected chi connectivity index (χ1v) is 6.75. The van der Waals surface area contributed by atoms with Crippen LogP contribution in [0.5, 0.6) is 0 Å². The van der Waals surface area contributed by atoms with Crippen LogP contribution in [-0.4, -0.2) is 63.2 Å². The van der Waals surface area contributed by atoms with Crippen molar-refractivity contribution >= 4 is 13.8 Å². The minimum atomic E-state index is -5.41. The van der Waals surface area contributed by atoms with Crippen LogP contribution in [0.25, 0.3) is 0 Å². The van der Waals surface area contributed by atoms with Crippen molar-refractivity contribution in [3.8, 4) is 0 Å². The van der Waals surface area contributed by atoms with Crippen LogP contribution in [0.4, 0.5) is 0 Å². The van der Waals surface area contributed by atoms with Gasteiger partial charge >= 0.3 is 0 Å². The van der Waals surface area contributed by atoms with Crippen molar-refractivity contribution in [3.63, 3.8) is 0 Å². The Bertz CT molecular complexity index is 407. The summed E-state index contributed by atoms with van der Waals surface area (Å²) in [7, 11) is -5.41. The number of carboxylic acid groups (broad SMARTS) is 1. The smallest absolute Gasteiger partial charge is 0.210 e. The van der Waals surface area contributed by atoms with E-state index in [1.165, 1.54) is 0 Å². The van der Waals surface area contributed by atoms with Crippen molar-refractivity contribution in [2.45, 2.75) is 36.6 Å². The molecule has 0 bridgehead atoms. The van der Waals surface area contributed by atoms with Gasteiger partial charge in [0, 0.05) is 6.42 Å². The van der Waals surface area contributed by atoms with Crippen LogP contribution in [0.3, 0.4) is 0 Å². The highest BCUT2D eigenvalue weighted by atomic mass is 31.2. The fraction of sp³-hybridized carbons (Fsp3) is 0.875. The summed E-state index contributed by atoms with van der Waals surface area (Å²) in [5.41, 5.74) is 0. The van der Waals surface area contributed by atoms with Gasteiger partial charge in [0.05, 0.1) is 20.5 Å². The monoisotopic (exact) mass is 315 g/mol. The van der Waals surface area contributed by atoms with Crippen LogP contribution in [0, 0.1) is 0 Å². The quantitative estimate of drug-likeness (QED) is 0.351. The average Bonchev–Trinajstić information content (AvgIpc) is 2.29. The van der Waals surface area contributed by atoms with Crippen LogP contribution < -0.4 is 14.9 Å². The molecule has 0 aromatic heterocycles. The first-order valence-electron chi connectivity index (χ1n) is 5.29. The second-order valence-electron chi connectivity index (χ2n) is 4.23. The fourth-order valence-electron chi connectivity index (χ4n) is 1.67. The lowest BCUT2D eigenvalue weighted by Crippen LogP contribution is -2.64. The number of ether oxygens (including phenoxy) is 1. The number of carbonyl (C=O) groups excluding carboxylic acids is 1. The van der Waals surface area contributed by atoms with Gasteiger partial charge in [-0.25, -0.2) is 0 Å². The SMILES string of the molecule is O=C([O-])[C@@]1(O)C[C@@H](O)[C@@H](O)[C@@H]([C@H](O)COP(=O)([O-])[O-])O1. The number of phosphoric ester groups is 1. The standard InChI is InChI=1S/C8H15O11P/c9-3-1-8(14,7(12)13)19-6(5(3)11)4(10)2-18-20(15,16)17/h3-6,9-11,14H,1-2H2,(H,12,13)(H2,15,16,17)/p-3/t3-,4-,5-,6-,8-/m1/s1. The lowest BCUT2D eigenvalue weighted by Gasteiger charge is -2.44. The Hall–Kier alpha value is -0.620. The average molecular weight is 315 g/mol. The predicted molar refractivity (Wildman–Crippen MR) is 51.0 cm³/mol. The Morgan fingerprint density at radius 3 is 2.50 bits per heavy atom. The van der Waals surface area contributed by atoms with Crippen molar-refractivity contribution in [1.29, 1.82) is 0 Å². The summed E-state index contributed by atoms with van der Waals surface area (Å²) in [5, 5.41) is 48.6. The Morgan fingerprint density at radius 2 is 2.05 bits per heavy atom. The zero-order valence-electron chi connectivity index (χ0n) is 9.82. The molecule has 0 unspecified atom stereocenters. The van der Waals surface area contributed by atoms with Gasteiger partial charge in [0.1, 0.15) is 24.3 Å². The molecule has 0 amide bonds. The maximum atomic E-state index is 10.7. The summed E-state index contributed by atoms with van der Waals surface area (Å²) in [4.78, 5) is 31.1. The van der Waals surface area contributed by atoms with Crippen LogP contribution in [-0.2, 0) is 18.6 Å². The molecule has 20 heavy (non-hydrogen) atoms. The van der Waals surface area contributed by atoms with Crippen molar-refractivity contribution in [2.75, 3.05) is 6.61 Å². The Balaban J connectivity index is 2.80. The molecule has 1 saturated heterocycles. The summed E-state index contributed by atoms with van der Waals surface area (Å²) in [6.45, 7) is -1.15. The number of aliphatic hydroxyl groups is 4. The van der Waals surface area contributed by atoms with Gasteiger partial charge in [-0.3, -0.25) is 0 Å². The van der Waals surface area contributed by atoms with Gasteiger partial charge in [-0.15, -0.1) is 0 Å². The second-order valence-corrected chi connectivity index (χ2v) is 5.38. The maximum Gasteiger partial charge on any atom is 0.210 e. The zero-order chi connectivity index (χ0) is 15.7. The molecule has 1 aliphatic heterocycles. The molecule has 0 spiro atoms. The Kier molecular flexibility index (Phi) is 5.24. The van der Waals surface area contributed by atoms with Crippen LogP contribution in [0.2, 0.25) is 0 Å². The minimum Gasteiger partial charge on any atom is -0.790 e. The third kappa shape index (κ3) is 4.19. The van der Waals surface area contributed by atoms with Crippen molar-refractivity contribution in [1.82, 2.24) is 0 Å². The van der Waals surface area contributed by atoms with Crippen molar-refractivity contribution < 1.29 is 53.9 Å². The molecule has 0 aromatic carbocycles. The van der Waals surface area contributed by atoms with Crippen LogP contribution >= 0.6 is 7.82 Å². The number of hydrogen-bond donors (Lipinski definition) is 4. The topological polar surface area (TPSA) is 203 Å². The highest BCUT2D eigenvalue weighted by Crippen LogP contribution is 2.31. The van der Waals surface area contributed by atoms with Crippen LogP contribution in [0.15, 0.2) is 0 Å². The number of aliphatic hydroxyl groups excluding tert-OH is 3. The molecule has 0 saturated carbocycles. The molecule has 1 fully saturated rings. The number of hydrogen-bond acceptors (Lipinski definition) is 11. The number of aliphatic carboxylic acids is 1. The summed E-state index contributed by atoms with van der Waals surface area (Å²) in [6, 6.07) is 0. The van der Waals surface area contributed by atoms with E-state index in [1.807, 2.05) is 0 Å². The molecule has 1 rings (SSSR count). The van der Waals surface area contributed by atoms with Gasteiger partial charge in [-0.1, -0.05) is 0 Å². The molecule has 4 N–H and O–H groups in total. The summed E-state index contributed by atoms with van der Waals surface area (Å²) >= 11 is 0. The van der Waals surface area contributed by atoms with Gasteiger partial charge in [0.15, 0.2) is 0 Å². The zero-order valence-corrected chi connectivity index (χ0v) is 10.7. The highest BCUT2D eigenvalue weighted by Gasteiger charge is 2.48. The van der Waals surface area contributed by atoms with E-state index in [0.717, 1.165) is 0 Å². The van der Waals surface area contributed by atoms with E-state index in [4.69, 9.17) is 0 Å². The van der Waals surface area contributed by atoms with E-state index >= 15 is 0 Å². The number of rotatable bonds is 5. The van der Waals surface area contributed by atoms with E-state index in [0.29, 0.717) is 0 Å². The lowest BCUT2D eigenvalue weighted by atomic mass is 9.93. The van der Waals surface area contributed by atoms with Gasteiger partial charge in [0.2, 0.25) is 5.79 Å². The first kappa shape index (κ1) is 17.4. The summed E-state index contributed by atoms with van der Waals surface area (Å²) in [6.07, 6.45) is -8.47. The molecule has 118 valence electrons. The molecule has 0 aromatic rings. The molecule has 0 aliphatic carbocycles. The molecular formula is C8H12O11P-3. The number of carboxylic acids is 1. The molecule has 0 radical (unpaired) electrons. The van der Waals surface area contributed by atoms with Crippen molar-refractivity contribution in [2.24, 2.45) is 0 Å². The van der Waals surface area contributed by atoms with Crippen molar-refractivity contribution in [3.05, 3.63) is 0 Å². The molecular weight excluding hydrogens is 303 g/mol. The van der Waals surface area contributed by atoms with E-state index in [9.17, 15) is 44.7 Å². The number of carbonyl (C=O) groups is 1. The molecule has 12 heteroatoms. The highest BCUT2D eigenvalue weighted by molar-refractivity contribution is 7.43. The summed E-state index contributed by atoms with van der Waals surface area (Å²) in [5.74, 6) is -5.11. The molecule has 1 aliphatic rings. The normalized spacial score (nSPS) is 36.6. The number of phosphoric acid groups is 1. The molecule has 1 heterocycles. The van der Waals surface area contributed by atoms with Gasteiger partial charge < -0.3 is 53.9 Å². The van der Waals surface area contributed by atoms with Gasteiger partial charge in [0.25, 0.3) is 0 Å². The Morgan fingerprint density at radius 1 is 1.50 bits per heavy atom. The second kappa shape index (κ2) is 6.02. The Labute approximate surface area is 112 Å². The summed E-state index contributed by atoms with van der Waals surface area (Å²) < 4.78 is 18.5.